The van der Waals surface area contributed by atoms with Gasteiger partial charge in [-0.1, -0.05) is 12.1 Å². The first-order chi connectivity index (χ1) is 11.5. The highest BCUT2D eigenvalue weighted by Gasteiger charge is 2.09. The first-order valence-corrected chi connectivity index (χ1v) is 7.76. The molecule has 7 heteroatoms. The number of hydrogen-bond acceptors (Lipinski definition) is 4. The number of imidazole rings is 1. The molecular weight excluding hydrogens is 306 g/mol. The summed E-state index contributed by atoms with van der Waals surface area (Å²) in [6, 6.07) is 7.19. The molecular formula is C17H19N5O2. The SMILES string of the molecule is Cc1cnc(CCC(=O)NCc2nc3ccccc3c(=O)n2C)[nH]1. The van der Waals surface area contributed by atoms with Crippen LogP contribution in [0.3, 0.4) is 0 Å². The molecule has 7 nitrogen and oxygen atoms in total. The van der Waals surface area contributed by atoms with Gasteiger partial charge in [0.05, 0.1) is 17.4 Å². The predicted molar refractivity (Wildman–Crippen MR) is 90.5 cm³/mol. The first kappa shape index (κ1) is 15.9. The molecule has 1 amide bonds. The van der Waals surface area contributed by atoms with E-state index in [9.17, 15) is 9.59 Å². The van der Waals surface area contributed by atoms with Crippen molar-refractivity contribution in [1.82, 2.24) is 24.8 Å². The van der Waals surface area contributed by atoms with Crippen molar-refractivity contribution in [2.45, 2.75) is 26.3 Å². The van der Waals surface area contributed by atoms with Crippen molar-refractivity contribution < 1.29 is 4.79 Å². The molecule has 0 atom stereocenters. The lowest BCUT2D eigenvalue weighted by Gasteiger charge is -2.10. The molecule has 3 aromatic rings. The van der Waals surface area contributed by atoms with E-state index < -0.39 is 0 Å². The number of H-pyrrole nitrogens is 1. The number of benzene rings is 1. The van der Waals surface area contributed by atoms with Crippen molar-refractivity contribution in [3.63, 3.8) is 0 Å². The van der Waals surface area contributed by atoms with Crippen LogP contribution in [0.15, 0.2) is 35.3 Å². The summed E-state index contributed by atoms with van der Waals surface area (Å²) >= 11 is 0. The number of para-hydroxylation sites is 1. The lowest BCUT2D eigenvalue weighted by Crippen LogP contribution is -2.29. The van der Waals surface area contributed by atoms with E-state index in [1.165, 1.54) is 4.57 Å². The molecule has 0 saturated carbocycles. The molecule has 2 heterocycles. The van der Waals surface area contributed by atoms with Gasteiger partial charge >= 0.3 is 0 Å². The molecule has 0 aliphatic heterocycles. The molecule has 0 bridgehead atoms. The maximum absolute atomic E-state index is 12.3. The Hall–Kier alpha value is -2.96. The molecule has 2 aromatic heterocycles. The van der Waals surface area contributed by atoms with E-state index >= 15 is 0 Å². The van der Waals surface area contributed by atoms with Crippen molar-refractivity contribution in [2.75, 3.05) is 0 Å². The smallest absolute Gasteiger partial charge is 0.261 e. The molecule has 0 aliphatic rings. The van der Waals surface area contributed by atoms with E-state index in [1.54, 1.807) is 25.4 Å². The van der Waals surface area contributed by atoms with Gasteiger partial charge in [0.25, 0.3) is 5.56 Å². The van der Waals surface area contributed by atoms with Crippen molar-refractivity contribution >= 4 is 16.8 Å². The van der Waals surface area contributed by atoms with Crippen LogP contribution in [0, 0.1) is 6.92 Å². The van der Waals surface area contributed by atoms with Crippen LogP contribution >= 0.6 is 0 Å². The summed E-state index contributed by atoms with van der Waals surface area (Å²) in [5.74, 6) is 1.21. The largest absolute Gasteiger partial charge is 0.349 e. The summed E-state index contributed by atoms with van der Waals surface area (Å²) in [4.78, 5) is 36.0. The summed E-state index contributed by atoms with van der Waals surface area (Å²) in [5.41, 5.74) is 1.49. The number of fused-ring (bicyclic) bond motifs is 1. The summed E-state index contributed by atoms with van der Waals surface area (Å²) in [5, 5.41) is 3.38. The number of rotatable bonds is 5. The van der Waals surface area contributed by atoms with Gasteiger partial charge < -0.3 is 10.3 Å². The van der Waals surface area contributed by atoms with Gasteiger partial charge in [0, 0.05) is 31.8 Å². The monoisotopic (exact) mass is 325 g/mol. The fraction of sp³-hybridized carbons (Fsp3) is 0.294. The molecule has 2 N–H and O–H groups in total. The number of carbonyl (C=O) groups excluding carboxylic acids is 1. The standard InChI is InChI=1S/C17H19N5O2/c1-11-9-18-14(20-11)7-8-16(23)19-10-15-21-13-6-4-3-5-12(13)17(24)22(15)2/h3-6,9H,7-8,10H2,1-2H3,(H,18,20)(H,19,23). The van der Waals surface area contributed by atoms with Gasteiger partial charge in [0.1, 0.15) is 11.6 Å². The van der Waals surface area contributed by atoms with E-state index in [2.05, 4.69) is 20.3 Å². The van der Waals surface area contributed by atoms with Crippen LogP contribution in [0.1, 0.15) is 23.8 Å². The van der Waals surface area contributed by atoms with Crippen LogP contribution in [0.5, 0.6) is 0 Å². The summed E-state index contributed by atoms with van der Waals surface area (Å²) in [7, 11) is 1.66. The Morgan fingerprint density at radius 1 is 1.33 bits per heavy atom. The van der Waals surface area contributed by atoms with Gasteiger partial charge in [0.2, 0.25) is 5.91 Å². The Labute approximate surface area is 138 Å². The Kier molecular flexibility index (Phi) is 4.41. The number of hydrogen-bond donors (Lipinski definition) is 2. The Morgan fingerprint density at radius 3 is 2.88 bits per heavy atom. The zero-order valence-electron chi connectivity index (χ0n) is 13.7. The number of carbonyl (C=O) groups is 1. The maximum Gasteiger partial charge on any atom is 0.261 e. The van der Waals surface area contributed by atoms with E-state index in [4.69, 9.17) is 0 Å². The van der Waals surface area contributed by atoms with Crippen LogP contribution in [-0.2, 0) is 24.8 Å². The molecule has 0 fully saturated rings. The zero-order chi connectivity index (χ0) is 17.1. The molecule has 0 spiro atoms. The van der Waals surface area contributed by atoms with Crippen LogP contribution in [0.4, 0.5) is 0 Å². The number of aromatic nitrogens is 4. The summed E-state index contributed by atoms with van der Waals surface area (Å²) < 4.78 is 1.47. The quantitative estimate of drug-likeness (QED) is 0.737. The molecule has 0 aliphatic carbocycles. The van der Waals surface area contributed by atoms with Crippen LogP contribution in [-0.4, -0.2) is 25.4 Å². The molecule has 0 radical (unpaired) electrons. The van der Waals surface area contributed by atoms with Gasteiger partial charge in [-0.05, 0) is 19.1 Å². The first-order valence-electron chi connectivity index (χ1n) is 7.76. The number of aromatic amines is 1. The number of aryl methyl sites for hydroxylation is 2. The third kappa shape index (κ3) is 3.34. The van der Waals surface area contributed by atoms with Crippen LogP contribution in [0.2, 0.25) is 0 Å². The molecule has 1 aromatic carbocycles. The van der Waals surface area contributed by atoms with E-state index in [0.29, 0.717) is 29.6 Å². The van der Waals surface area contributed by atoms with Gasteiger partial charge in [-0.3, -0.25) is 14.2 Å². The molecule has 0 saturated heterocycles. The molecule has 3 rings (SSSR count). The highest BCUT2D eigenvalue weighted by atomic mass is 16.1. The zero-order valence-corrected chi connectivity index (χ0v) is 13.7. The van der Waals surface area contributed by atoms with Crippen LogP contribution < -0.4 is 10.9 Å². The van der Waals surface area contributed by atoms with Crippen LogP contribution in [0.25, 0.3) is 10.9 Å². The highest BCUT2D eigenvalue weighted by Crippen LogP contribution is 2.07. The summed E-state index contributed by atoms with van der Waals surface area (Å²) in [6.45, 7) is 2.13. The van der Waals surface area contributed by atoms with Gasteiger partial charge in [-0.2, -0.15) is 0 Å². The third-order valence-corrected chi connectivity index (χ3v) is 3.86. The third-order valence-electron chi connectivity index (χ3n) is 3.86. The second-order valence-corrected chi connectivity index (χ2v) is 5.70. The fourth-order valence-corrected chi connectivity index (χ4v) is 2.51. The topological polar surface area (TPSA) is 92.7 Å². The number of nitrogens with one attached hydrogen (secondary N) is 2. The Morgan fingerprint density at radius 2 is 2.12 bits per heavy atom. The van der Waals surface area contributed by atoms with E-state index in [-0.39, 0.29) is 18.0 Å². The van der Waals surface area contributed by atoms with Crippen molar-refractivity contribution in [3.05, 3.63) is 58.2 Å². The van der Waals surface area contributed by atoms with Crippen molar-refractivity contribution in [3.8, 4) is 0 Å². The normalized spacial score (nSPS) is 10.9. The molecule has 0 unspecified atom stereocenters. The van der Waals surface area contributed by atoms with Crippen molar-refractivity contribution in [1.29, 1.82) is 0 Å². The minimum absolute atomic E-state index is 0.105. The lowest BCUT2D eigenvalue weighted by atomic mass is 10.2. The van der Waals surface area contributed by atoms with Gasteiger partial charge in [-0.15, -0.1) is 0 Å². The molecule has 124 valence electrons. The Balaban J connectivity index is 1.66. The maximum atomic E-state index is 12.3. The minimum Gasteiger partial charge on any atom is -0.349 e. The number of amides is 1. The average Bonchev–Trinajstić information content (AvgIpc) is 3.00. The lowest BCUT2D eigenvalue weighted by molar-refractivity contribution is -0.121. The fourth-order valence-electron chi connectivity index (χ4n) is 2.51. The van der Waals surface area contributed by atoms with E-state index in [1.807, 2.05) is 19.1 Å². The van der Waals surface area contributed by atoms with Crippen molar-refractivity contribution in [2.24, 2.45) is 7.05 Å². The second-order valence-electron chi connectivity index (χ2n) is 5.70. The average molecular weight is 325 g/mol. The van der Waals surface area contributed by atoms with Gasteiger partial charge in [0.15, 0.2) is 0 Å². The second kappa shape index (κ2) is 6.66. The minimum atomic E-state index is -0.115. The predicted octanol–water partition coefficient (Wildman–Crippen LogP) is 1.21. The summed E-state index contributed by atoms with van der Waals surface area (Å²) in [6.07, 6.45) is 2.61. The number of nitrogens with zero attached hydrogens (tertiary/aromatic N) is 3. The molecule has 24 heavy (non-hydrogen) atoms. The highest BCUT2D eigenvalue weighted by molar-refractivity contribution is 5.78. The van der Waals surface area contributed by atoms with Gasteiger partial charge in [-0.25, -0.2) is 9.97 Å². The Bertz CT molecular complexity index is 942. The van der Waals surface area contributed by atoms with E-state index in [0.717, 1.165) is 11.5 Å².